The summed E-state index contributed by atoms with van der Waals surface area (Å²) in [6.45, 7) is 3.19. The molecule has 2 aromatic carbocycles. The quantitative estimate of drug-likeness (QED) is 0.280. The largest absolute Gasteiger partial charge is 0.423 e. The minimum atomic E-state index is -0.711. The van der Waals surface area contributed by atoms with Crippen molar-refractivity contribution in [2.75, 3.05) is 10.6 Å². The van der Waals surface area contributed by atoms with Crippen LogP contribution in [-0.4, -0.2) is 27.6 Å². The second kappa shape index (κ2) is 9.94. The van der Waals surface area contributed by atoms with E-state index in [4.69, 9.17) is 9.41 Å². The Morgan fingerprint density at radius 1 is 1.14 bits per heavy atom. The number of aliphatic imine (C=N–C) groups is 1. The van der Waals surface area contributed by atoms with Crippen LogP contribution in [0, 0.1) is 5.82 Å². The Kier molecular flexibility index (Phi) is 6.53. The van der Waals surface area contributed by atoms with Gasteiger partial charge in [-0.05, 0) is 49.7 Å². The van der Waals surface area contributed by atoms with Crippen LogP contribution in [0.5, 0.6) is 0 Å². The Labute approximate surface area is 219 Å². The molecule has 0 spiro atoms. The number of carbonyl (C=O) groups excluding carboxylic acids is 2. The second-order valence-electron chi connectivity index (χ2n) is 8.26. The Hall–Kier alpha value is -4.38. The van der Waals surface area contributed by atoms with Crippen LogP contribution in [0.1, 0.15) is 35.8 Å². The third-order valence-electron chi connectivity index (χ3n) is 5.67. The summed E-state index contributed by atoms with van der Waals surface area (Å²) in [4.78, 5) is 38.4. The molecule has 2 aromatic heterocycles. The van der Waals surface area contributed by atoms with Gasteiger partial charge >= 0.3 is 6.01 Å². The van der Waals surface area contributed by atoms with E-state index in [2.05, 4.69) is 41.8 Å². The van der Waals surface area contributed by atoms with Crippen molar-refractivity contribution in [3.8, 4) is 0 Å². The third kappa shape index (κ3) is 5.12. The predicted octanol–water partition coefficient (Wildman–Crippen LogP) is 5.35. The number of hydrogen-bond donors (Lipinski definition) is 3. The number of rotatable bonds is 5. The van der Waals surface area contributed by atoms with Crippen molar-refractivity contribution in [1.29, 1.82) is 0 Å². The molecule has 0 fully saturated rings. The van der Waals surface area contributed by atoms with Crippen molar-refractivity contribution >= 4 is 56.5 Å². The lowest BCUT2D eigenvalue weighted by Crippen LogP contribution is -2.37. The number of nitrogens with one attached hydrogen (secondary N) is 3. The first-order chi connectivity index (χ1) is 17.8. The SMILES string of the molecule is CC(=O)c1ccnc(NC(=O)C2=C(C)NC(Nc3nc4ccc(F)cc4o3)=NC2c2ccccc2Br)c1. The average Bonchev–Trinajstić information content (AvgIpc) is 3.25. The fourth-order valence-corrected chi connectivity index (χ4v) is 4.41. The first-order valence-electron chi connectivity index (χ1n) is 11.2. The van der Waals surface area contributed by atoms with Crippen LogP contribution in [0.25, 0.3) is 11.1 Å². The molecule has 9 nitrogen and oxygen atoms in total. The maximum absolute atomic E-state index is 13.6. The fraction of sp³-hybridized carbons (Fsp3) is 0.115. The van der Waals surface area contributed by atoms with E-state index in [-0.39, 0.29) is 23.2 Å². The van der Waals surface area contributed by atoms with Gasteiger partial charge in [-0.25, -0.2) is 14.4 Å². The minimum absolute atomic E-state index is 0.115. The average molecular weight is 563 g/mol. The number of pyridine rings is 1. The van der Waals surface area contributed by atoms with Crippen LogP contribution in [-0.2, 0) is 4.79 Å². The highest BCUT2D eigenvalue weighted by Gasteiger charge is 2.31. The molecule has 4 aromatic rings. The summed E-state index contributed by atoms with van der Waals surface area (Å²) in [5.74, 6) is -0.468. The molecule has 5 rings (SSSR count). The van der Waals surface area contributed by atoms with Gasteiger partial charge in [-0.3, -0.25) is 14.9 Å². The molecule has 0 aliphatic carbocycles. The van der Waals surface area contributed by atoms with Gasteiger partial charge < -0.3 is 15.1 Å². The van der Waals surface area contributed by atoms with Crippen molar-refractivity contribution in [3.63, 3.8) is 0 Å². The molecule has 3 N–H and O–H groups in total. The molecule has 0 bridgehead atoms. The third-order valence-corrected chi connectivity index (χ3v) is 6.39. The van der Waals surface area contributed by atoms with Crippen LogP contribution < -0.4 is 16.0 Å². The van der Waals surface area contributed by atoms with Gasteiger partial charge in [0.1, 0.15) is 23.2 Å². The van der Waals surface area contributed by atoms with Crippen molar-refractivity contribution in [2.45, 2.75) is 19.9 Å². The molecule has 1 atom stereocenters. The van der Waals surface area contributed by atoms with E-state index in [1.165, 1.54) is 37.4 Å². The zero-order valence-electron chi connectivity index (χ0n) is 19.7. The van der Waals surface area contributed by atoms with E-state index in [0.29, 0.717) is 28.3 Å². The molecule has 0 saturated heterocycles. The highest BCUT2D eigenvalue weighted by Crippen LogP contribution is 2.35. The molecule has 1 amide bonds. The van der Waals surface area contributed by atoms with E-state index in [0.717, 1.165) is 10.0 Å². The summed E-state index contributed by atoms with van der Waals surface area (Å²) >= 11 is 3.56. The number of Topliss-reactive ketones (excluding diaryl/α,β-unsaturated/α-hetero) is 1. The summed E-state index contributed by atoms with van der Waals surface area (Å²) < 4.78 is 19.9. The molecular weight excluding hydrogens is 543 g/mol. The summed E-state index contributed by atoms with van der Waals surface area (Å²) in [7, 11) is 0. The summed E-state index contributed by atoms with van der Waals surface area (Å²) in [5, 5.41) is 8.83. The maximum Gasteiger partial charge on any atom is 0.302 e. The Balaban J connectivity index is 1.48. The zero-order valence-corrected chi connectivity index (χ0v) is 21.3. The molecule has 37 heavy (non-hydrogen) atoms. The number of oxazole rings is 1. The summed E-state index contributed by atoms with van der Waals surface area (Å²) in [6.07, 6.45) is 1.46. The number of amides is 1. The van der Waals surface area contributed by atoms with E-state index >= 15 is 0 Å². The van der Waals surface area contributed by atoms with Crippen LogP contribution in [0.3, 0.4) is 0 Å². The van der Waals surface area contributed by atoms with E-state index in [9.17, 15) is 14.0 Å². The number of anilines is 2. The first-order valence-corrected chi connectivity index (χ1v) is 12.0. The molecular formula is C26H20BrFN6O3. The normalized spacial score (nSPS) is 15.2. The fourth-order valence-electron chi connectivity index (χ4n) is 3.91. The number of guanidine groups is 1. The van der Waals surface area contributed by atoms with Gasteiger partial charge in [-0.2, -0.15) is 4.98 Å². The first kappa shape index (κ1) is 24.3. The number of aromatic nitrogens is 2. The van der Waals surface area contributed by atoms with Crippen molar-refractivity contribution < 1.29 is 18.4 Å². The van der Waals surface area contributed by atoms with Crippen molar-refractivity contribution in [2.24, 2.45) is 4.99 Å². The van der Waals surface area contributed by atoms with E-state index in [1.54, 1.807) is 13.0 Å². The Bertz CT molecular complexity index is 1610. The summed E-state index contributed by atoms with van der Waals surface area (Å²) in [6, 6.07) is 14.0. The lowest BCUT2D eigenvalue weighted by Gasteiger charge is -2.27. The number of ketones is 1. The molecule has 1 aliphatic heterocycles. The number of halogens is 2. The monoisotopic (exact) mass is 562 g/mol. The molecule has 11 heteroatoms. The van der Waals surface area contributed by atoms with Crippen LogP contribution in [0.2, 0.25) is 0 Å². The van der Waals surface area contributed by atoms with Crippen molar-refractivity contribution in [1.82, 2.24) is 15.3 Å². The van der Waals surface area contributed by atoms with Gasteiger partial charge in [0, 0.05) is 28.0 Å². The molecule has 0 radical (unpaired) electrons. The molecule has 1 aliphatic rings. The van der Waals surface area contributed by atoms with E-state index < -0.39 is 17.8 Å². The number of allylic oxidation sites excluding steroid dienone is 1. The number of carbonyl (C=O) groups is 2. The lowest BCUT2D eigenvalue weighted by molar-refractivity contribution is -0.113. The Morgan fingerprint density at radius 3 is 2.73 bits per heavy atom. The van der Waals surface area contributed by atoms with Gasteiger partial charge in [0.2, 0.25) is 5.96 Å². The van der Waals surface area contributed by atoms with Gasteiger partial charge in [0.05, 0.1) is 5.57 Å². The van der Waals surface area contributed by atoms with Crippen LogP contribution in [0.15, 0.2) is 85.9 Å². The smallest absolute Gasteiger partial charge is 0.302 e. The highest BCUT2D eigenvalue weighted by molar-refractivity contribution is 9.10. The molecule has 3 heterocycles. The topological polar surface area (TPSA) is 122 Å². The Morgan fingerprint density at radius 2 is 1.95 bits per heavy atom. The molecule has 0 saturated carbocycles. The predicted molar refractivity (Wildman–Crippen MR) is 141 cm³/mol. The number of fused-ring (bicyclic) bond motifs is 1. The van der Waals surface area contributed by atoms with Gasteiger partial charge in [0.25, 0.3) is 5.91 Å². The lowest BCUT2D eigenvalue weighted by atomic mass is 9.95. The zero-order chi connectivity index (χ0) is 26.1. The second-order valence-corrected chi connectivity index (χ2v) is 9.12. The number of hydrogen-bond acceptors (Lipinski definition) is 8. The molecule has 1 unspecified atom stereocenters. The maximum atomic E-state index is 13.6. The van der Waals surface area contributed by atoms with Gasteiger partial charge in [0.15, 0.2) is 11.4 Å². The molecule has 186 valence electrons. The highest BCUT2D eigenvalue weighted by atomic mass is 79.9. The van der Waals surface area contributed by atoms with Gasteiger partial charge in [-0.1, -0.05) is 34.1 Å². The van der Waals surface area contributed by atoms with Gasteiger partial charge in [-0.15, -0.1) is 0 Å². The van der Waals surface area contributed by atoms with E-state index in [1.807, 2.05) is 24.3 Å². The van der Waals surface area contributed by atoms with Crippen LogP contribution in [0.4, 0.5) is 16.2 Å². The number of nitrogens with zero attached hydrogens (tertiary/aromatic N) is 3. The van der Waals surface area contributed by atoms with Crippen LogP contribution >= 0.6 is 15.9 Å². The number of benzene rings is 2. The summed E-state index contributed by atoms with van der Waals surface area (Å²) in [5.41, 5.74) is 2.83. The minimum Gasteiger partial charge on any atom is -0.423 e. The van der Waals surface area contributed by atoms with Crippen molar-refractivity contribution in [3.05, 3.63) is 93.5 Å². The standard InChI is InChI=1S/C26H20BrFN6O3/c1-13-22(24(36)32-21-11-15(14(2)35)9-10-29-21)23(17-5-3-4-6-18(17)27)33-25(30-13)34-26-31-19-8-7-16(28)12-20(19)37-26/h3-12,23H,1-2H3,(H,29,32,36)(H2,30,31,33,34).